The molecule has 1 amide bonds. The summed E-state index contributed by atoms with van der Waals surface area (Å²) >= 11 is 0. The number of ether oxygens (including phenoxy) is 1. The van der Waals surface area contributed by atoms with Gasteiger partial charge in [-0.2, -0.15) is 0 Å². The Balaban J connectivity index is 2.27. The highest BCUT2D eigenvalue weighted by Crippen LogP contribution is 2.30. The number of benzene rings is 1. The van der Waals surface area contributed by atoms with Crippen LogP contribution in [0, 0.1) is 11.8 Å². The van der Waals surface area contributed by atoms with E-state index in [1.54, 1.807) is 19.9 Å². The van der Waals surface area contributed by atoms with Crippen LogP contribution in [0.2, 0.25) is 0 Å². The van der Waals surface area contributed by atoms with Gasteiger partial charge in [0, 0.05) is 17.6 Å². The summed E-state index contributed by atoms with van der Waals surface area (Å²) in [6, 6.07) is 4.36. The largest absolute Gasteiger partial charge is 0.495 e. The van der Waals surface area contributed by atoms with E-state index in [0.29, 0.717) is 17.4 Å². The van der Waals surface area contributed by atoms with Gasteiger partial charge >= 0.3 is 0 Å². The second-order valence-corrected chi connectivity index (χ2v) is 9.17. The van der Waals surface area contributed by atoms with Crippen LogP contribution in [0.5, 0.6) is 5.75 Å². The van der Waals surface area contributed by atoms with Crippen molar-refractivity contribution in [1.82, 2.24) is 10.0 Å². The molecule has 26 heavy (non-hydrogen) atoms. The average Bonchev–Trinajstić information content (AvgIpc) is 2.57. The van der Waals surface area contributed by atoms with Gasteiger partial charge in [0.2, 0.25) is 10.0 Å². The molecular formula is C19H30N2O4S. The standard InChI is InChI=1S/C19H30N2O4S/c1-12(2)21-26(23,24)18-11-15(9-10-17(18)25-5)19(22)20-16-8-6-7-13(3)14(16)4/h9-14,16,21H,6-8H2,1-5H3,(H,20,22)/t13-,14-,16-/m1/s1. The molecule has 1 aromatic carbocycles. The van der Waals surface area contributed by atoms with Gasteiger partial charge in [-0.1, -0.05) is 26.7 Å². The number of carbonyl (C=O) groups excluding carboxylic acids is 1. The molecule has 1 fully saturated rings. The maximum absolute atomic E-state index is 12.7. The van der Waals surface area contributed by atoms with E-state index >= 15 is 0 Å². The van der Waals surface area contributed by atoms with E-state index in [0.717, 1.165) is 12.8 Å². The third-order valence-electron chi connectivity index (χ3n) is 5.13. The highest BCUT2D eigenvalue weighted by molar-refractivity contribution is 7.89. The van der Waals surface area contributed by atoms with Gasteiger partial charge in [-0.05, 0) is 50.3 Å². The van der Waals surface area contributed by atoms with Crippen LogP contribution < -0.4 is 14.8 Å². The third kappa shape index (κ3) is 4.76. The van der Waals surface area contributed by atoms with Gasteiger partial charge < -0.3 is 10.1 Å². The van der Waals surface area contributed by atoms with E-state index in [2.05, 4.69) is 23.9 Å². The minimum absolute atomic E-state index is 0.0218. The first kappa shape index (κ1) is 20.7. The van der Waals surface area contributed by atoms with Crippen molar-refractivity contribution in [3.05, 3.63) is 23.8 Å². The molecule has 0 aliphatic heterocycles. The number of sulfonamides is 1. The van der Waals surface area contributed by atoms with Crippen LogP contribution in [0.25, 0.3) is 0 Å². The van der Waals surface area contributed by atoms with Crippen LogP contribution in [0.1, 0.15) is 57.3 Å². The number of carbonyl (C=O) groups is 1. The molecule has 0 unspecified atom stereocenters. The van der Waals surface area contributed by atoms with E-state index in [9.17, 15) is 13.2 Å². The second-order valence-electron chi connectivity index (χ2n) is 7.49. The van der Waals surface area contributed by atoms with Gasteiger partial charge in [-0.15, -0.1) is 0 Å². The average molecular weight is 383 g/mol. The van der Waals surface area contributed by atoms with Crippen LogP contribution in [0.4, 0.5) is 0 Å². The fourth-order valence-corrected chi connectivity index (χ4v) is 4.89. The molecule has 6 nitrogen and oxygen atoms in total. The van der Waals surface area contributed by atoms with Crippen molar-refractivity contribution >= 4 is 15.9 Å². The fraction of sp³-hybridized carbons (Fsp3) is 0.632. The quantitative estimate of drug-likeness (QED) is 0.792. The minimum Gasteiger partial charge on any atom is -0.495 e. The molecule has 2 rings (SSSR count). The van der Waals surface area contributed by atoms with Crippen molar-refractivity contribution in [2.24, 2.45) is 11.8 Å². The zero-order chi connectivity index (χ0) is 19.5. The van der Waals surface area contributed by atoms with Gasteiger partial charge in [0.1, 0.15) is 10.6 Å². The summed E-state index contributed by atoms with van der Waals surface area (Å²) in [5.41, 5.74) is 0.320. The number of nitrogens with one attached hydrogen (secondary N) is 2. The number of methoxy groups -OCH3 is 1. The summed E-state index contributed by atoms with van der Waals surface area (Å²) in [6.07, 6.45) is 3.23. The van der Waals surface area contributed by atoms with Crippen LogP contribution in [0.3, 0.4) is 0 Å². The first-order valence-corrected chi connectivity index (χ1v) is 10.6. The predicted octanol–water partition coefficient (Wildman–Crippen LogP) is 2.94. The van der Waals surface area contributed by atoms with E-state index in [1.807, 2.05) is 0 Å². The van der Waals surface area contributed by atoms with Crippen molar-refractivity contribution in [3.63, 3.8) is 0 Å². The Hall–Kier alpha value is -1.60. The Morgan fingerprint density at radius 1 is 1.23 bits per heavy atom. The summed E-state index contributed by atoms with van der Waals surface area (Å²) in [5.74, 6) is 0.932. The van der Waals surface area contributed by atoms with Gasteiger partial charge in [-0.3, -0.25) is 4.79 Å². The smallest absolute Gasteiger partial charge is 0.251 e. The number of hydrogen-bond acceptors (Lipinski definition) is 4. The van der Waals surface area contributed by atoms with Crippen LogP contribution in [-0.4, -0.2) is 33.5 Å². The minimum atomic E-state index is -3.77. The Morgan fingerprint density at radius 3 is 2.54 bits per heavy atom. The van der Waals surface area contributed by atoms with Crippen molar-refractivity contribution < 1.29 is 17.9 Å². The zero-order valence-corrected chi connectivity index (χ0v) is 17.0. The summed E-state index contributed by atoms with van der Waals surface area (Å²) in [7, 11) is -2.35. The topological polar surface area (TPSA) is 84.5 Å². The lowest BCUT2D eigenvalue weighted by Gasteiger charge is -2.34. The maximum atomic E-state index is 12.7. The van der Waals surface area contributed by atoms with E-state index in [4.69, 9.17) is 4.74 Å². The van der Waals surface area contributed by atoms with Gasteiger partial charge in [0.25, 0.3) is 5.91 Å². The van der Waals surface area contributed by atoms with Crippen molar-refractivity contribution in [1.29, 1.82) is 0 Å². The Bertz CT molecular complexity index is 746. The van der Waals surface area contributed by atoms with E-state index in [1.165, 1.54) is 25.7 Å². The number of amides is 1. The first-order valence-electron chi connectivity index (χ1n) is 9.17. The van der Waals surface area contributed by atoms with Crippen LogP contribution >= 0.6 is 0 Å². The molecule has 0 saturated heterocycles. The molecule has 0 radical (unpaired) electrons. The van der Waals surface area contributed by atoms with Gasteiger partial charge in [-0.25, -0.2) is 13.1 Å². The third-order valence-corrected chi connectivity index (χ3v) is 6.81. The zero-order valence-electron chi connectivity index (χ0n) is 16.2. The molecule has 7 heteroatoms. The molecule has 0 spiro atoms. The first-order chi connectivity index (χ1) is 12.2. The van der Waals surface area contributed by atoms with E-state index in [-0.39, 0.29) is 28.6 Å². The second kappa shape index (κ2) is 8.39. The molecule has 0 bridgehead atoms. The SMILES string of the molecule is COc1ccc(C(=O)N[C@@H]2CCC[C@@H](C)[C@H]2C)cc1S(=O)(=O)NC(C)C. The molecular weight excluding hydrogens is 352 g/mol. The molecule has 1 aliphatic carbocycles. The molecule has 3 atom stereocenters. The highest BCUT2D eigenvalue weighted by atomic mass is 32.2. The van der Waals surface area contributed by atoms with Crippen LogP contribution in [-0.2, 0) is 10.0 Å². The van der Waals surface area contributed by atoms with Crippen LogP contribution in [0.15, 0.2) is 23.1 Å². The Morgan fingerprint density at radius 2 is 1.92 bits per heavy atom. The lowest BCUT2D eigenvalue weighted by Crippen LogP contribution is -2.43. The van der Waals surface area contributed by atoms with Crippen molar-refractivity contribution in [2.75, 3.05) is 7.11 Å². The highest BCUT2D eigenvalue weighted by Gasteiger charge is 2.29. The van der Waals surface area contributed by atoms with Crippen molar-refractivity contribution in [2.45, 2.75) is 63.9 Å². The monoisotopic (exact) mass is 382 g/mol. The number of hydrogen-bond donors (Lipinski definition) is 2. The summed E-state index contributed by atoms with van der Waals surface area (Å²) in [6.45, 7) is 7.85. The lowest BCUT2D eigenvalue weighted by atomic mass is 9.78. The summed E-state index contributed by atoms with van der Waals surface area (Å²) in [5, 5.41) is 3.08. The Labute approximate surface area is 156 Å². The fourth-order valence-electron chi connectivity index (χ4n) is 3.44. The maximum Gasteiger partial charge on any atom is 0.251 e. The van der Waals surface area contributed by atoms with Gasteiger partial charge in [0.15, 0.2) is 0 Å². The molecule has 0 aromatic heterocycles. The summed E-state index contributed by atoms with van der Waals surface area (Å²) in [4.78, 5) is 12.7. The predicted molar refractivity (Wildman–Crippen MR) is 102 cm³/mol. The molecule has 0 heterocycles. The molecule has 1 aliphatic rings. The lowest BCUT2D eigenvalue weighted by molar-refractivity contribution is 0.0891. The normalized spacial score (nSPS) is 23.7. The van der Waals surface area contributed by atoms with Gasteiger partial charge in [0.05, 0.1) is 7.11 Å². The molecule has 1 aromatic rings. The molecule has 1 saturated carbocycles. The summed E-state index contributed by atoms with van der Waals surface area (Å²) < 4.78 is 32.8. The van der Waals surface area contributed by atoms with E-state index < -0.39 is 10.0 Å². The van der Waals surface area contributed by atoms with Crippen molar-refractivity contribution in [3.8, 4) is 5.75 Å². The number of rotatable bonds is 6. The molecule has 2 N–H and O–H groups in total. The molecule has 146 valence electrons. The Kier molecular flexibility index (Phi) is 6.69.